The number of benzene rings is 1. The number of hydrogen-bond acceptors (Lipinski definition) is 5. The van der Waals surface area contributed by atoms with E-state index in [-0.39, 0.29) is 30.3 Å². The van der Waals surface area contributed by atoms with Gasteiger partial charge in [-0.05, 0) is 50.1 Å². The lowest BCUT2D eigenvalue weighted by atomic mass is 9.71. The summed E-state index contributed by atoms with van der Waals surface area (Å²) in [6, 6.07) is 9.19. The molecule has 1 aromatic heterocycles. The molecular formula is C24H29N5O. The zero-order chi connectivity index (χ0) is 20.8. The number of Topliss-reactive ketones (excluding diaryl/α,β-unsaturated/α-hetero) is 1. The van der Waals surface area contributed by atoms with Crippen LogP contribution in [0.4, 0.5) is 0 Å². The second-order valence-corrected chi connectivity index (χ2v) is 8.96. The van der Waals surface area contributed by atoms with Crippen LogP contribution in [0, 0.1) is 0 Å². The summed E-state index contributed by atoms with van der Waals surface area (Å²) in [6.07, 6.45) is 6.82. The minimum Gasteiger partial charge on any atom is -0.337 e. The summed E-state index contributed by atoms with van der Waals surface area (Å²) in [4.78, 5) is 24.3. The Morgan fingerprint density at radius 2 is 2.03 bits per heavy atom. The predicted molar refractivity (Wildman–Crippen MR) is 118 cm³/mol. The fourth-order valence-corrected chi connectivity index (χ4v) is 5.27. The van der Waals surface area contributed by atoms with Crippen molar-refractivity contribution in [2.75, 3.05) is 20.6 Å². The molecule has 2 aromatic rings. The van der Waals surface area contributed by atoms with Crippen LogP contribution in [-0.2, 0) is 18.4 Å². The second kappa shape index (κ2) is 7.60. The van der Waals surface area contributed by atoms with Gasteiger partial charge in [0.25, 0.3) is 0 Å². The van der Waals surface area contributed by atoms with E-state index in [9.17, 15) is 4.79 Å². The summed E-state index contributed by atoms with van der Waals surface area (Å²) >= 11 is 0. The number of dihydropyridines is 1. The third-order valence-electron chi connectivity index (χ3n) is 6.58. The summed E-state index contributed by atoms with van der Waals surface area (Å²) in [5.41, 5.74) is 5.78. The van der Waals surface area contributed by atoms with Crippen LogP contribution in [0.25, 0.3) is 0 Å². The molecule has 0 saturated carbocycles. The van der Waals surface area contributed by atoms with Crippen LogP contribution in [-0.4, -0.2) is 52.6 Å². The Balaban J connectivity index is 1.60. The summed E-state index contributed by atoms with van der Waals surface area (Å²) in [5.74, 6) is 1.19. The molecule has 1 aliphatic carbocycles. The van der Waals surface area contributed by atoms with Crippen molar-refractivity contribution in [3.8, 4) is 0 Å². The molecule has 1 fully saturated rings. The molecule has 1 N–H and O–H groups in total. The largest absolute Gasteiger partial charge is 0.337 e. The van der Waals surface area contributed by atoms with Crippen LogP contribution in [0.2, 0.25) is 0 Å². The smallest absolute Gasteiger partial charge is 0.180 e. The lowest BCUT2D eigenvalue weighted by Gasteiger charge is -2.44. The Kier molecular flexibility index (Phi) is 4.91. The van der Waals surface area contributed by atoms with Crippen molar-refractivity contribution in [3.05, 3.63) is 64.8 Å². The van der Waals surface area contributed by atoms with Crippen molar-refractivity contribution in [1.82, 2.24) is 19.8 Å². The molecule has 0 bridgehead atoms. The van der Waals surface area contributed by atoms with Gasteiger partial charge in [-0.1, -0.05) is 24.3 Å². The van der Waals surface area contributed by atoms with Gasteiger partial charge in [0.05, 0.1) is 11.6 Å². The topological polar surface area (TPSA) is 62.5 Å². The number of imidazole rings is 1. The number of carbonyl (C=O) groups is 1. The minimum atomic E-state index is -0.00264. The van der Waals surface area contributed by atoms with E-state index in [1.54, 1.807) is 0 Å². The zero-order valence-electron chi connectivity index (χ0n) is 17.9. The molecule has 6 nitrogen and oxygen atoms in total. The standard InChI is InChI=1S/C24H29N5O/c1-28(2)14-15-7-9-16(10-8-15)22-21(24-25-11-12-29(24)3)23-20-17(19(30)13-26-23)5-4-6-18(20)27-22/h7-12,18,21-22,27H,4-6,13-14H2,1-3H3. The monoisotopic (exact) mass is 403 g/mol. The molecule has 3 atom stereocenters. The Bertz CT molecular complexity index is 1030. The molecule has 2 aliphatic heterocycles. The first-order valence-corrected chi connectivity index (χ1v) is 10.8. The highest BCUT2D eigenvalue weighted by molar-refractivity contribution is 6.17. The molecule has 1 aromatic carbocycles. The average molecular weight is 404 g/mol. The Morgan fingerprint density at radius 1 is 1.23 bits per heavy atom. The minimum absolute atomic E-state index is 0.00264. The van der Waals surface area contributed by atoms with E-state index >= 15 is 0 Å². The molecule has 3 unspecified atom stereocenters. The SMILES string of the molecule is CN(C)Cc1ccc(C2NC3CCCC4=C3C(=NCC4=O)C2c2nccn2C)cc1. The zero-order valence-corrected chi connectivity index (χ0v) is 17.9. The Morgan fingerprint density at radius 3 is 2.73 bits per heavy atom. The lowest BCUT2D eigenvalue weighted by Crippen LogP contribution is -2.51. The van der Waals surface area contributed by atoms with Crippen LogP contribution in [0.5, 0.6) is 0 Å². The first-order chi connectivity index (χ1) is 14.5. The second-order valence-electron chi connectivity index (χ2n) is 8.96. The van der Waals surface area contributed by atoms with E-state index in [1.807, 2.05) is 19.4 Å². The van der Waals surface area contributed by atoms with Gasteiger partial charge in [-0.15, -0.1) is 0 Å². The maximum Gasteiger partial charge on any atom is 0.180 e. The quantitative estimate of drug-likeness (QED) is 0.853. The molecule has 0 radical (unpaired) electrons. The number of piperidine rings is 1. The van der Waals surface area contributed by atoms with Crippen LogP contribution >= 0.6 is 0 Å². The number of aromatic nitrogens is 2. The van der Waals surface area contributed by atoms with E-state index in [2.05, 4.69) is 53.1 Å². The number of rotatable bonds is 4. The average Bonchev–Trinajstić information content (AvgIpc) is 3.16. The first-order valence-electron chi connectivity index (χ1n) is 10.8. The number of nitrogens with one attached hydrogen (secondary N) is 1. The highest BCUT2D eigenvalue weighted by atomic mass is 16.1. The van der Waals surface area contributed by atoms with Gasteiger partial charge in [0.15, 0.2) is 5.78 Å². The molecule has 30 heavy (non-hydrogen) atoms. The van der Waals surface area contributed by atoms with Crippen LogP contribution in [0.3, 0.4) is 0 Å². The van der Waals surface area contributed by atoms with E-state index in [0.29, 0.717) is 0 Å². The van der Waals surface area contributed by atoms with Crippen LogP contribution < -0.4 is 5.32 Å². The molecule has 5 rings (SSSR count). The van der Waals surface area contributed by atoms with Gasteiger partial charge < -0.3 is 14.8 Å². The van der Waals surface area contributed by atoms with Crippen LogP contribution in [0.1, 0.15) is 48.2 Å². The van der Waals surface area contributed by atoms with Crippen molar-refractivity contribution < 1.29 is 4.79 Å². The Hall–Kier alpha value is -2.57. The number of nitrogens with zero attached hydrogens (tertiary/aromatic N) is 4. The van der Waals surface area contributed by atoms with Crippen LogP contribution in [0.15, 0.2) is 52.8 Å². The molecule has 3 heterocycles. The molecular weight excluding hydrogens is 374 g/mol. The molecule has 0 amide bonds. The van der Waals surface area contributed by atoms with Gasteiger partial charge in [0.2, 0.25) is 0 Å². The normalized spacial score (nSPS) is 26.1. The summed E-state index contributed by atoms with van der Waals surface area (Å²) in [7, 11) is 6.21. The number of hydrogen-bond donors (Lipinski definition) is 1. The number of aliphatic imine (C=N–C) groups is 1. The van der Waals surface area contributed by atoms with Crippen molar-refractivity contribution in [2.45, 2.75) is 43.8 Å². The van der Waals surface area contributed by atoms with Crippen molar-refractivity contribution in [3.63, 3.8) is 0 Å². The van der Waals surface area contributed by atoms with Crippen molar-refractivity contribution in [2.24, 2.45) is 12.0 Å². The fourth-order valence-electron chi connectivity index (χ4n) is 5.27. The molecule has 0 spiro atoms. The maximum atomic E-state index is 12.6. The molecule has 1 saturated heterocycles. The number of carbonyl (C=O) groups excluding carboxylic acids is 1. The lowest BCUT2D eigenvalue weighted by molar-refractivity contribution is -0.114. The number of aryl methyl sites for hydroxylation is 1. The molecule has 3 aliphatic rings. The molecule has 6 heteroatoms. The van der Waals surface area contributed by atoms with Gasteiger partial charge >= 0.3 is 0 Å². The highest BCUT2D eigenvalue weighted by Gasteiger charge is 2.45. The van der Waals surface area contributed by atoms with Gasteiger partial charge in [0.1, 0.15) is 12.4 Å². The van der Waals surface area contributed by atoms with E-state index in [4.69, 9.17) is 9.98 Å². The molecule has 156 valence electrons. The van der Waals surface area contributed by atoms with E-state index in [0.717, 1.165) is 48.5 Å². The van der Waals surface area contributed by atoms with Crippen molar-refractivity contribution in [1.29, 1.82) is 0 Å². The van der Waals surface area contributed by atoms with Gasteiger partial charge in [-0.2, -0.15) is 0 Å². The van der Waals surface area contributed by atoms with Gasteiger partial charge in [-0.3, -0.25) is 9.79 Å². The number of ketones is 1. The third kappa shape index (κ3) is 3.24. The predicted octanol–water partition coefficient (Wildman–Crippen LogP) is 2.78. The van der Waals surface area contributed by atoms with E-state index < -0.39 is 0 Å². The summed E-state index contributed by atoms with van der Waals surface area (Å²) < 4.78 is 2.09. The fraction of sp³-hybridized carbons (Fsp3) is 0.458. The van der Waals surface area contributed by atoms with Crippen molar-refractivity contribution >= 4 is 11.5 Å². The maximum absolute atomic E-state index is 12.6. The highest BCUT2D eigenvalue weighted by Crippen LogP contribution is 2.44. The van der Waals surface area contributed by atoms with E-state index in [1.165, 1.54) is 11.1 Å². The Labute approximate surface area is 177 Å². The third-order valence-corrected chi connectivity index (χ3v) is 6.58. The summed E-state index contributed by atoms with van der Waals surface area (Å²) in [5, 5.41) is 3.89. The van der Waals surface area contributed by atoms with Gasteiger partial charge in [0, 0.05) is 43.6 Å². The first kappa shape index (κ1) is 19.4. The van der Waals surface area contributed by atoms with Gasteiger partial charge in [-0.25, -0.2) is 4.98 Å². The summed E-state index contributed by atoms with van der Waals surface area (Å²) in [6.45, 7) is 1.20.